The molecule has 0 aromatic heterocycles. The van der Waals surface area contributed by atoms with Gasteiger partial charge in [-0.25, -0.2) is 4.79 Å². The average Bonchev–Trinajstić information content (AvgIpc) is 3.17. The Bertz CT molecular complexity index is 1070. The fourth-order valence-electron chi connectivity index (χ4n) is 12.3. The van der Waals surface area contributed by atoms with Crippen molar-refractivity contribution in [2.75, 3.05) is 13.2 Å². The number of hydrogen-bond acceptors (Lipinski definition) is 4. The van der Waals surface area contributed by atoms with Gasteiger partial charge in [0, 0.05) is 17.1 Å². The first-order valence-corrected chi connectivity index (χ1v) is 15.7. The SMILES string of the molecule is CCOC(=O)/C=C1\C[C@@]2(C)C(CC[C@]3(C)C2CCC2C4[C@@H]5OC[C@@]4(CCC5(C)C)CC[C@]23C)C(C)(C)C1=O. The molecule has 0 aromatic carbocycles. The molecule has 6 fully saturated rings. The number of rotatable bonds is 2. The van der Waals surface area contributed by atoms with Crippen LogP contribution in [-0.2, 0) is 19.1 Å². The first-order valence-electron chi connectivity index (χ1n) is 15.7. The van der Waals surface area contributed by atoms with Crippen LogP contribution in [0.15, 0.2) is 11.6 Å². The van der Waals surface area contributed by atoms with E-state index in [4.69, 9.17) is 9.47 Å². The van der Waals surface area contributed by atoms with Gasteiger partial charge in [0.25, 0.3) is 0 Å². The van der Waals surface area contributed by atoms with E-state index < -0.39 is 5.41 Å². The highest BCUT2D eigenvalue weighted by molar-refractivity contribution is 6.04. The van der Waals surface area contributed by atoms with Crippen LogP contribution in [0.2, 0.25) is 0 Å². The smallest absolute Gasteiger partial charge is 0.331 e. The molecule has 9 atom stereocenters. The van der Waals surface area contributed by atoms with Crippen LogP contribution in [0.1, 0.15) is 113 Å². The van der Waals surface area contributed by atoms with Crippen molar-refractivity contribution in [2.45, 2.75) is 119 Å². The van der Waals surface area contributed by atoms with E-state index in [0.717, 1.165) is 18.9 Å². The molecule has 0 amide bonds. The lowest BCUT2D eigenvalue weighted by Gasteiger charge is -2.73. The van der Waals surface area contributed by atoms with Gasteiger partial charge in [0.05, 0.1) is 19.3 Å². The molecule has 6 aliphatic rings. The highest BCUT2D eigenvalue weighted by Crippen LogP contribution is 2.78. The zero-order valence-electron chi connectivity index (χ0n) is 25.4. The van der Waals surface area contributed by atoms with Crippen molar-refractivity contribution in [1.82, 2.24) is 0 Å². The number of ketones is 1. The van der Waals surface area contributed by atoms with Gasteiger partial charge in [-0.2, -0.15) is 0 Å². The van der Waals surface area contributed by atoms with Crippen LogP contribution >= 0.6 is 0 Å². The minimum Gasteiger partial charge on any atom is -0.463 e. The maximum atomic E-state index is 13.7. The van der Waals surface area contributed by atoms with E-state index in [1.165, 1.54) is 51.0 Å². The van der Waals surface area contributed by atoms with E-state index in [9.17, 15) is 9.59 Å². The summed E-state index contributed by atoms with van der Waals surface area (Å²) in [5.41, 5.74) is 1.44. The predicted molar refractivity (Wildman–Crippen MR) is 149 cm³/mol. The third-order valence-electron chi connectivity index (χ3n) is 14.3. The maximum Gasteiger partial charge on any atom is 0.331 e. The quantitative estimate of drug-likeness (QED) is 0.276. The molecular formula is C34H52O4. The summed E-state index contributed by atoms with van der Waals surface area (Å²) in [5.74, 6) is 2.11. The average molecular weight is 525 g/mol. The fourth-order valence-corrected chi connectivity index (χ4v) is 12.3. The lowest BCUT2D eigenvalue weighted by atomic mass is 9.31. The minimum atomic E-state index is -0.457. The second-order valence-corrected chi connectivity index (χ2v) is 16.4. The van der Waals surface area contributed by atoms with Crippen LogP contribution in [0.4, 0.5) is 0 Å². The molecule has 1 saturated heterocycles. The molecule has 212 valence electrons. The molecule has 38 heavy (non-hydrogen) atoms. The molecule has 1 heterocycles. The summed E-state index contributed by atoms with van der Waals surface area (Å²) in [6.45, 7) is 20.1. The van der Waals surface area contributed by atoms with Gasteiger partial charge in [-0.15, -0.1) is 0 Å². The molecule has 1 aliphatic heterocycles. The van der Waals surface area contributed by atoms with Crippen molar-refractivity contribution in [3.8, 4) is 0 Å². The number of esters is 1. The lowest BCUT2D eigenvalue weighted by Crippen LogP contribution is -2.67. The van der Waals surface area contributed by atoms with Crippen LogP contribution in [0.25, 0.3) is 0 Å². The van der Waals surface area contributed by atoms with Crippen LogP contribution in [0.3, 0.4) is 0 Å². The monoisotopic (exact) mass is 524 g/mol. The van der Waals surface area contributed by atoms with Gasteiger partial charge < -0.3 is 9.47 Å². The molecule has 0 N–H and O–H groups in total. The second-order valence-electron chi connectivity index (χ2n) is 16.4. The van der Waals surface area contributed by atoms with Gasteiger partial charge in [-0.05, 0) is 115 Å². The van der Waals surface area contributed by atoms with Crippen molar-refractivity contribution in [1.29, 1.82) is 0 Å². The first-order chi connectivity index (χ1) is 17.7. The van der Waals surface area contributed by atoms with Gasteiger partial charge in [0.2, 0.25) is 0 Å². The maximum absolute atomic E-state index is 13.7. The summed E-state index contributed by atoms with van der Waals surface area (Å²) < 4.78 is 12.0. The van der Waals surface area contributed by atoms with Crippen molar-refractivity contribution in [3.63, 3.8) is 0 Å². The van der Waals surface area contributed by atoms with Gasteiger partial charge in [-0.3, -0.25) is 4.79 Å². The first kappa shape index (κ1) is 27.0. The molecular weight excluding hydrogens is 472 g/mol. The lowest BCUT2D eigenvalue weighted by molar-refractivity contribution is -0.236. The number of carbonyl (C=O) groups is 2. The Kier molecular flexibility index (Phi) is 5.83. The highest BCUT2D eigenvalue weighted by atomic mass is 16.5. The normalized spacial score (nSPS) is 51.4. The van der Waals surface area contributed by atoms with Crippen LogP contribution in [0.5, 0.6) is 0 Å². The molecule has 5 saturated carbocycles. The summed E-state index contributed by atoms with van der Waals surface area (Å²) >= 11 is 0. The number of ether oxygens (including phenoxy) is 2. The van der Waals surface area contributed by atoms with Crippen molar-refractivity contribution in [3.05, 3.63) is 11.6 Å². The predicted octanol–water partition coefficient (Wildman–Crippen LogP) is 7.55. The van der Waals surface area contributed by atoms with E-state index in [0.29, 0.717) is 47.9 Å². The summed E-state index contributed by atoms with van der Waals surface area (Å²) in [5, 5.41) is 0. The molecule has 0 spiro atoms. The Labute approximate surface area is 231 Å². The Balaban J connectivity index is 1.39. The van der Waals surface area contributed by atoms with E-state index in [1.54, 1.807) is 0 Å². The number of Topliss-reactive ketones (excluding diaryl/α,β-unsaturated/α-hetero) is 1. The second kappa shape index (κ2) is 8.20. The number of fused-ring (bicyclic) bond motifs is 5. The molecule has 0 radical (unpaired) electrons. The summed E-state index contributed by atoms with van der Waals surface area (Å²) in [4.78, 5) is 26.2. The van der Waals surface area contributed by atoms with Crippen molar-refractivity contribution in [2.24, 2.45) is 56.2 Å². The van der Waals surface area contributed by atoms with Crippen LogP contribution < -0.4 is 0 Å². The zero-order valence-corrected chi connectivity index (χ0v) is 25.4. The number of hydrogen-bond donors (Lipinski definition) is 0. The van der Waals surface area contributed by atoms with Gasteiger partial charge in [0.15, 0.2) is 5.78 Å². The van der Waals surface area contributed by atoms with Gasteiger partial charge in [0.1, 0.15) is 0 Å². The van der Waals surface area contributed by atoms with Crippen LogP contribution in [-0.4, -0.2) is 31.1 Å². The molecule has 6 rings (SSSR count). The molecule has 2 bridgehead atoms. The standard InChI is InChI=1S/C34H52O4/c1-9-37-25(35)18-21-19-31(6)23(30(4,5)27(21)36)12-13-33(8)24(31)11-10-22-26-28-29(2,3)14-16-34(26,20-38-28)17-15-32(22,33)7/h18,22-24,26,28H,9-17,19-20H2,1-8H3/b21-18+/t22?,23?,24?,26?,28-,31-,32+,33+,34+/m0/s1. The van der Waals surface area contributed by atoms with Crippen molar-refractivity contribution >= 4 is 11.8 Å². The molecule has 4 nitrogen and oxygen atoms in total. The Morgan fingerprint density at radius 1 is 0.921 bits per heavy atom. The Morgan fingerprint density at radius 3 is 2.34 bits per heavy atom. The topological polar surface area (TPSA) is 52.6 Å². The molecule has 5 aliphatic carbocycles. The highest BCUT2D eigenvalue weighted by Gasteiger charge is 2.73. The Morgan fingerprint density at radius 2 is 1.63 bits per heavy atom. The minimum absolute atomic E-state index is 0.00711. The largest absolute Gasteiger partial charge is 0.463 e. The van der Waals surface area contributed by atoms with E-state index in [1.807, 2.05) is 6.92 Å². The third-order valence-corrected chi connectivity index (χ3v) is 14.3. The van der Waals surface area contributed by atoms with Crippen molar-refractivity contribution < 1.29 is 19.1 Å². The third kappa shape index (κ3) is 3.25. The number of allylic oxidation sites excluding steroid dienone is 1. The fraction of sp³-hybridized carbons (Fsp3) is 0.882. The Hall–Kier alpha value is -1.16. The van der Waals surface area contributed by atoms with E-state index >= 15 is 0 Å². The summed E-state index contributed by atoms with van der Waals surface area (Å²) in [7, 11) is 0. The van der Waals surface area contributed by atoms with Crippen LogP contribution in [0, 0.1) is 56.2 Å². The summed E-state index contributed by atoms with van der Waals surface area (Å²) in [6.07, 6.45) is 12.8. The number of carbonyl (C=O) groups excluding carboxylic acids is 2. The molecule has 0 aromatic rings. The summed E-state index contributed by atoms with van der Waals surface area (Å²) in [6, 6.07) is 0. The molecule has 4 heteroatoms. The van der Waals surface area contributed by atoms with E-state index in [2.05, 4.69) is 48.5 Å². The van der Waals surface area contributed by atoms with Gasteiger partial charge >= 0.3 is 5.97 Å². The zero-order chi connectivity index (χ0) is 27.5. The van der Waals surface area contributed by atoms with Gasteiger partial charge in [-0.1, -0.05) is 48.5 Å². The molecule has 4 unspecified atom stereocenters. The van der Waals surface area contributed by atoms with E-state index in [-0.39, 0.29) is 33.4 Å².